The lowest BCUT2D eigenvalue weighted by atomic mass is 9.97. The molecular weight excluding hydrogens is 378 g/mol. The molecule has 1 aliphatic rings. The number of piperidine rings is 1. The van der Waals surface area contributed by atoms with Crippen LogP contribution in [0.1, 0.15) is 12.8 Å². The highest BCUT2D eigenvalue weighted by atomic mass is 19.1. The monoisotopic (exact) mass is 398 g/mol. The molecule has 1 aliphatic heterocycles. The van der Waals surface area contributed by atoms with Crippen molar-refractivity contribution < 1.29 is 18.3 Å². The van der Waals surface area contributed by atoms with Crippen molar-refractivity contribution in [1.29, 1.82) is 0 Å². The number of rotatable bonds is 4. The second-order valence-corrected chi connectivity index (χ2v) is 6.98. The van der Waals surface area contributed by atoms with E-state index in [-0.39, 0.29) is 17.5 Å². The van der Waals surface area contributed by atoms with Crippen molar-refractivity contribution in [2.75, 3.05) is 30.4 Å². The summed E-state index contributed by atoms with van der Waals surface area (Å²) in [6.45, 7) is 1.12. The Hall–Kier alpha value is -3.29. The molecule has 1 aromatic heterocycles. The molecule has 2 heterocycles. The van der Waals surface area contributed by atoms with Crippen LogP contribution in [0.3, 0.4) is 0 Å². The summed E-state index contributed by atoms with van der Waals surface area (Å²) >= 11 is 0. The number of halogens is 2. The summed E-state index contributed by atoms with van der Waals surface area (Å²) in [5.41, 5.74) is 1.57. The average molecular weight is 398 g/mol. The van der Waals surface area contributed by atoms with Crippen LogP contribution in [0, 0.1) is 17.6 Å². The van der Waals surface area contributed by atoms with Crippen molar-refractivity contribution in [3.63, 3.8) is 0 Å². The molecule has 150 valence electrons. The molecule has 0 bridgehead atoms. The highest BCUT2D eigenvalue weighted by molar-refractivity contribution is 5.93. The first-order chi connectivity index (χ1) is 14.0. The number of amides is 1. The Morgan fingerprint density at radius 1 is 1.14 bits per heavy atom. The standard InChI is InChI=1S/C21H20F2N4O2/c1-29-21-19(25-17-6-2-3-7-18(17)26-21)27-8-4-5-13(12-27)20(28)24-16-10-14(22)9-15(23)11-16/h2-3,6-7,9-11,13H,4-5,8,12H2,1H3,(H,24,28)/t13-/m1/s1. The summed E-state index contributed by atoms with van der Waals surface area (Å²) in [6.07, 6.45) is 1.44. The van der Waals surface area contributed by atoms with Crippen molar-refractivity contribution in [3.05, 3.63) is 54.1 Å². The number of nitrogens with zero attached hydrogens (tertiary/aromatic N) is 3. The van der Waals surface area contributed by atoms with Crippen molar-refractivity contribution >= 4 is 28.4 Å². The maximum absolute atomic E-state index is 13.4. The fraction of sp³-hybridized carbons (Fsp3) is 0.286. The Kier molecular flexibility index (Phi) is 5.24. The third kappa shape index (κ3) is 4.11. The van der Waals surface area contributed by atoms with Gasteiger partial charge in [-0.2, -0.15) is 0 Å². The number of aromatic nitrogens is 2. The number of carbonyl (C=O) groups excluding carboxylic acids is 1. The first kappa shape index (κ1) is 19.0. The van der Waals surface area contributed by atoms with Crippen molar-refractivity contribution in [2.24, 2.45) is 5.92 Å². The summed E-state index contributed by atoms with van der Waals surface area (Å²) in [4.78, 5) is 23.8. The van der Waals surface area contributed by atoms with Gasteiger partial charge in [-0.3, -0.25) is 4.79 Å². The van der Waals surface area contributed by atoms with Crippen LogP contribution >= 0.6 is 0 Å². The van der Waals surface area contributed by atoms with Crippen LogP contribution < -0.4 is 15.0 Å². The van der Waals surface area contributed by atoms with Gasteiger partial charge < -0.3 is 15.0 Å². The molecule has 1 amide bonds. The molecule has 3 aromatic rings. The largest absolute Gasteiger partial charge is 0.478 e. The van der Waals surface area contributed by atoms with Gasteiger partial charge in [-0.25, -0.2) is 18.7 Å². The van der Waals surface area contributed by atoms with E-state index in [4.69, 9.17) is 4.74 Å². The molecule has 1 atom stereocenters. The number of nitrogens with one attached hydrogen (secondary N) is 1. The van der Waals surface area contributed by atoms with Gasteiger partial charge in [-0.15, -0.1) is 0 Å². The molecule has 0 saturated carbocycles. The fourth-order valence-electron chi connectivity index (χ4n) is 3.57. The molecule has 1 N–H and O–H groups in total. The zero-order chi connectivity index (χ0) is 20.4. The predicted octanol–water partition coefficient (Wildman–Crippen LogP) is 3.77. The maximum Gasteiger partial charge on any atom is 0.257 e. The topological polar surface area (TPSA) is 67.4 Å². The summed E-state index contributed by atoms with van der Waals surface area (Å²) < 4.78 is 32.2. The summed E-state index contributed by atoms with van der Waals surface area (Å²) in [5, 5.41) is 2.61. The van der Waals surface area contributed by atoms with Gasteiger partial charge in [0.25, 0.3) is 5.88 Å². The molecule has 0 aliphatic carbocycles. The van der Waals surface area contributed by atoms with Gasteiger partial charge >= 0.3 is 0 Å². The molecule has 1 fully saturated rings. The highest BCUT2D eigenvalue weighted by Gasteiger charge is 2.29. The maximum atomic E-state index is 13.4. The summed E-state index contributed by atoms with van der Waals surface area (Å²) in [6, 6.07) is 10.5. The lowest BCUT2D eigenvalue weighted by Gasteiger charge is -2.33. The molecular formula is C21H20F2N4O2. The van der Waals surface area contributed by atoms with E-state index in [9.17, 15) is 13.6 Å². The van der Waals surface area contributed by atoms with Gasteiger partial charge in [0.2, 0.25) is 5.91 Å². The third-order valence-corrected chi connectivity index (χ3v) is 4.94. The van der Waals surface area contributed by atoms with E-state index in [1.165, 1.54) is 7.11 Å². The van der Waals surface area contributed by atoms with E-state index in [1.54, 1.807) is 0 Å². The van der Waals surface area contributed by atoms with E-state index in [1.807, 2.05) is 29.2 Å². The summed E-state index contributed by atoms with van der Waals surface area (Å²) in [7, 11) is 1.54. The zero-order valence-corrected chi connectivity index (χ0v) is 15.9. The molecule has 0 radical (unpaired) electrons. The first-order valence-corrected chi connectivity index (χ1v) is 9.36. The van der Waals surface area contributed by atoms with Crippen LogP contribution in [0.15, 0.2) is 42.5 Å². The molecule has 8 heteroatoms. The number of ether oxygens (including phenoxy) is 1. The molecule has 1 saturated heterocycles. The lowest BCUT2D eigenvalue weighted by Crippen LogP contribution is -2.41. The molecule has 4 rings (SSSR count). The normalized spacial score (nSPS) is 16.7. The number of carbonyl (C=O) groups is 1. The first-order valence-electron chi connectivity index (χ1n) is 9.36. The Morgan fingerprint density at radius 2 is 1.83 bits per heavy atom. The van der Waals surface area contributed by atoms with Crippen LogP contribution in [0.4, 0.5) is 20.3 Å². The van der Waals surface area contributed by atoms with Gasteiger partial charge in [0, 0.05) is 24.8 Å². The van der Waals surface area contributed by atoms with Gasteiger partial charge in [-0.05, 0) is 37.1 Å². The van der Waals surface area contributed by atoms with Gasteiger partial charge in [0.15, 0.2) is 5.82 Å². The second kappa shape index (κ2) is 7.98. The van der Waals surface area contributed by atoms with Crippen LogP contribution in [0.25, 0.3) is 11.0 Å². The quantitative estimate of drug-likeness (QED) is 0.725. The van der Waals surface area contributed by atoms with Crippen LogP contribution in [-0.4, -0.2) is 36.1 Å². The van der Waals surface area contributed by atoms with Crippen LogP contribution in [0.2, 0.25) is 0 Å². The van der Waals surface area contributed by atoms with E-state index in [0.29, 0.717) is 31.2 Å². The Bertz CT molecular complexity index is 1040. The van der Waals surface area contributed by atoms with Gasteiger partial charge in [0.1, 0.15) is 11.6 Å². The van der Waals surface area contributed by atoms with Crippen molar-refractivity contribution in [3.8, 4) is 5.88 Å². The van der Waals surface area contributed by atoms with Crippen molar-refractivity contribution in [1.82, 2.24) is 9.97 Å². The third-order valence-electron chi connectivity index (χ3n) is 4.94. The lowest BCUT2D eigenvalue weighted by molar-refractivity contribution is -0.120. The van der Waals surface area contributed by atoms with Gasteiger partial charge in [-0.1, -0.05) is 12.1 Å². The summed E-state index contributed by atoms with van der Waals surface area (Å²) in [5.74, 6) is -1.12. The van der Waals surface area contributed by atoms with E-state index >= 15 is 0 Å². The fourth-order valence-corrected chi connectivity index (χ4v) is 3.57. The zero-order valence-electron chi connectivity index (χ0n) is 15.9. The minimum Gasteiger partial charge on any atom is -0.478 e. The van der Waals surface area contributed by atoms with Crippen LogP contribution in [0.5, 0.6) is 5.88 Å². The average Bonchev–Trinajstić information content (AvgIpc) is 2.72. The SMILES string of the molecule is COc1nc2ccccc2nc1N1CCC[C@@H](C(=O)Nc2cc(F)cc(F)c2)C1. The van der Waals surface area contributed by atoms with E-state index < -0.39 is 11.6 Å². The highest BCUT2D eigenvalue weighted by Crippen LogP contribution is 2.30. The number of fused-ring (bicyclic) bond motifs is 1. The Labute approximate surface area is 166 Å². The smallest absolute Gasteiger partial charge is 0.257 e. The Balaban J connectivity index is 1.55. The number of para-hydroxylation sites is 2. The Morgan fingerprint density at radius 3 is 2.52 bits per heavy atom. The van der Waals surface area contributed by atoms with Gasteiger partial charge in [0.05, 0.1) is 24.1 Å². The number of methoxy groups -OCH3 is 1. The second-order valence-electron chi connectivity index (χ2n) is 6.98. The molecule has 2 aromatic carbocycles. The van der Waals surface area contributed by atoms with E-state index in [0.717, 1.165) is 35.7 Å². The molecule has 6 nitrogen and oxygen atoms in total. The number of anilines is 2. The molecule has 0 unspecified atom stereocenters. The van der Waals surface area contributed by atoms with E-state index in [2.05, 4.69) is 15.3 Å². The minimum absolute atomic E-state index is 0.104. The van der Waals surface area contributed by atoms with Crippen molar-refractivity contribution in [2.45, 2.75) is 12.8 Å². The number of hydrogen-bond donors (Lipinski definition) is 1. The minimum atomic E-state index is -0.734. The predicted molar refractivity (Wildman–Crippen MR) is 106 cm³/mol. The number of hydrogen-bond acceptors (Lipinski definition) is 5. The molecule has 29 heavy (non-hydrogen) atoms. The number of benzene rings is 2. The molecule has 0 spiro atoms. The van der Waals surface area contributed by atoms with Crippen LogP contribution in [-0.2, 0) is 4.79 Å².